The van der Waals surface area contributed by atoms with Crippen molar-refractivity contribution in [2.24, 2.45) is 5.92 Å². The van der Waals surface area contributed by atoms with Gasteiger partial charge in [-0.2, -0.15) is 4.80 Å². The second kappa shape index (κ2) is 48.1. The van der Waals surface area contributed by atoms with E-state index in [2.05, 4.69) is 72.1 Å². The fourth-order valence-corrected chi connectivity index (χ4v) is 10.6. The molecule has 2 rings (SSSR count). The van der Waals surface area contributed by atoms with Gasteiger partial charge in [-0.25, -0.2) is 18.2 Å². The molecule has 0 saturated heterocycles. The number of carboxylic acid groups (broad SMARTS) is 2. The molecule has 26 heteroatoms. The number of carbonyl (C=O) groups is 8. The van der Waals surface area contributed by atoms with Crippen molar-refractivity contribution < 1.29 is 66.5 Å². The molecule has 5 amide bonds. The van der Waals surface area contributed by atoms with E-state index in [1.165, 1.54) is 57.7 Å². The van der Waals surface area contributed by atoms with E-state index in [1.807, 2.05) is 0 Å². The van der Waals surface area contributed by atoms with Crippen molar-refractivity contribution in [3.63, 3.8) is 0 Å². The molecule has 2 aromatic rings. The minimum atomic E-state index is -3.79. The Kier molecular flexibility index (Phi) is 42.7. The molecule has 496 valence electrons. The van der Waals surface area contributed by atoms with Gasteiger partial charge in [0.2, 0.25) is 39.6 Å². The van der Waals surface area contributed by atoms with Gasteiger partial charge in [0.15, 0.2) is 5.82 Å². The highest BCUT2D eigenvalue weighted by Gasteiger charge is 2.23. The van der Waals surface area contributed by atoms with Crippen LogP contribution >= 0.6 is 0 Å². The highest BCUT2D eigenvalue weighted by molar-refractivity contribution is 7.90. The third kappa shape index (κ3) is 43.4. The first-order valence-electron chi connectivity index (χ1n) is 32.3. The Hall–Kier alpha value is -5.89. The number of Topliss-reactive ketones (excluding diaryl/α,β-unsaturated/α-hetero) is 1. The zero-order valence-electron chi connectivity index (χ0n) is 52.7. The number of ether oxygens (including phenoxy) is 2. The Morgan fingerprint density at radius 1 is 0.563 bits per heavy atom. The number of H-pyrrole nitrogens is 1. The quantitative estimate of drug-likeness (QED) is 0.0297. The van der Waals surface area contributed by atoms with Crippen LogP contribution < -0.4 is 26.0 Å². The molecular weight excluding hydrogens is 1140 g/mol. The zero-order chi connectivity index (χ0) is 63.8. The Labute approximate surface area is 516 Å². The van der Waals surface area contributed by atoms with E-state index >= 15 is 0 Å². The number of amides is 5. The molecule has 2 aromatic heterocycles. The molecule has 0 spiro atoms. The summed E-state index contributed by atoms with van der Waals surface area (Å²) < 4.78 is 37.7. The molecule has 0 radical (unpaired) electrons. The summed E-state index contributed by atoms with van der Waals surface area (Å²) in [5.41, 5.74) is 0.671. The lowest BCUT2D eigenvalue weighted by Crippen LogP contribution is -2.41. The van der Waals surface area contributed by atoms with Crippen molar-refractivity contribution in [3.05, 3.63) is 24.0 Å². The van der Waals surface area contributed by atoms with E-state index in [4.69, 9.17) is 9.47 Å². The topological polar surface area (TPSA) is 362 Å². The molecule has 0 aliphatic rings. The molecule has 0 aromatic carbocycles. The summed E-state index contributed by atoms with van der Waals surface area (Å²) in [5.74, 6) is -4.40. The van der Waals surface area contributed by atoms with Gasteiger partial charge in [0, 0.05) is 76.5 Å². The first-order valence-corrected chi connectivity index (χ1v) is 33.9. The molecule has 0 bridgehead atoms. The van der Waals surface area contributed by atoms with E-state index in [1.54, 1.807) is 11.0 Å². The normalized spacial score (nSPS) is 12.3. The summed E-state index contributed by atoms with van der Waals surface area (Å²) in [5, 5.41) is 42.6. The molecule has 87 heavy (non-hydrogen) atoms. The Bertz CT molecular complexity index is 2350. The second-order valence-electron chi connectivity index (χ2n) is 23.7. The molecule has 2 atom stereocenters. The summed E-state index contributed by atoms with van der Waals surface area (Å²) >= 11 is 0. The van der Waals surface area contributed by atoms with E-state index in [0.29, 0.717) is 51.6 Å². The maximum Gasteiger partial charge on any atom is 0.326 e. The molecular formula is C61H107N11O14S. The predicted molar refractivity (Wildman–Crippen MR) is 329 cm³/mol. The van der Waals surface area contributed by atoms with E-state index in [9.17, 15) is 57.0 Å². The van der Waals surface area contributed by atoms with Gasteiger partial charge in [-0.05, 0) is 83.8 Å². The van der Waals surface area contributed by atoms with Gasteiger partial charge < -0.3 is 45.9 Å². The highest BCUT2D eigenvalue weighted by Crippen LogP contribution is 2.18. The van der Waals surface area contributed by atoms with Crippen molar-refractivity contribution in [1.82, 2.24) is 56.2 Å². The number of carboxylic acids is 2. The molecule has 0 aliphatic heterocycles. The molecule has 0 fully saturated rings. The first kappa shape index (κ1) is 77.2. The van der Waals surface area contributed by atoms with Crippen LogP contribution in [-0.4, -0.2) is 154 Å². The van der Waals surface area contributed by atoms with Crippen molar-refractivity contribution in [2.45, 2.75) is 257 Å². The third-order valence-electron chi connectivity index (χ3n) is 14.7. The standard InChI is InChI=1S/C61H107N11O14S/c1-61(2,3)72-69-53(68-71-72)30-22-18-14-10-7-5-4-6-8-11-16-20-24-32-57(77)70-87(83,84)44-28-33-54(74)63-38-26-21-17-13-9-12-15-19-23-31-56(76)67-52(60(81)82)36-37-55(75)65-40-41-85-42-43-86-47-58(78)64-39-27-25-29-49(59(79)80)45-51(73)35-34-50-46-62-48-66-50/h46,48-49,52H,4-45,47H2,1-3H3,(H,62,66)(H,63,74)(H,64,78)(H,65,75)(H,67,76)(H,70,77)(H,79,80)(H,81,82)/t49-,52+/m1/s1. The van der Waals surface area contributed by atoms with Crippen molar-refractivity contribution in [2.75, 3.05) is 51.8 Å². The van der Waals surface area contributed by atoms with Crippen molar-refractivity contribution in [1.29, 1.82) is 0 Å². The minimum Gasteiger partial charge on any atom is -0.481 e. The van der Waals surface area contributed by atoms with Gasteiger partial charge in [0.1, 0.15) is 18.4 Å². The van der Waals surface area contributed by atoms with Crippen LogP contribution in [0, 0.1) is 5.92 Å². The number of hydrogen-bond donors (Lipinski definition) is 8. The smallest absolute Gasteiger partial charge is 0.326 e. The summed E-state index contributed by atoms with van der Waals surface area (Å²) in [6.07, 6.45) is 29.3. The van der Waals surface area contributed by atoms with Gasteiger partial charge in [-0.3, -0.25) is 38.3 Å². The number of aromatic amines is 1. The first-order chi connectivity index (χ1) is 41.7. The van der Waals surface area contributed by atoms with E-state index in [0.717, 1.165) is 95.0 Å². The molecule has 2 heterocycles. The number of nitrogens with zero attached hydrogens (tertiary/aromatic N) is 5. The Morgan fingerprint density at radius 2 is 1.09 bits per heavy atom. The number of rotatable bonds is 57. The van der Waals surface area contributed by atoms with Crippen LogP contribution in [0.3, 0.4) is 0 Å². The SMILES string of the molecule is CC(C)(C)n1nnc(CCCCCCCCCCCCCCCC(=O)NS(=O)(=O)CCCC(=O)NCCCCCCCCCCCC(=O)N[C@@H](CCC(=O)NCCOCCOCC(=O)NCCCC[C@H](CC(=O)CCc2cnc[nH]2)C(=O)O)C(=O)O)n1. The lowest BCUT2D eigenvalue weighted by molar-refractivity contribution is -0.144. The van der Waals surface area contributed by atoms with Crippen molar-refractivity contribution in [3.8, 4) is 0 Å². The van der Waals surface area contributed by atoms with E-state index < -0.39 is 39.8 Å². The number of aliphatic carboxylic acids is 2. The lowest BCUT2D eigenvalue weighted by atomic mass is 9.94. The summed E-state index contributed by atoms with van der Waals surface area (Å²) in [6, 6.07) is -1.19. The fraction of sp³-hybridized carbons (Fsp3) is 0.803. The zero-order valence-corrected chi connectivity index (χ0v) is 53.5. The van der Waals surface area contributed by atoms with Crippen LogP contribution in [0.5, 0.6) is 0 Å². The van der Waals surface area contributed by atoms with Gasteiger partial charge >= 0.3 is 11.9 Å². The largest absolute Gasteiger partial charge is 0.481 e. The second-order valence-corrected chi connectivity index (χ2v) is 25.5. The van der Waals surface area contributed by atoms with Gasteiger partial charge in [0.25, 0.3) is 0 Å². The monoisotopic (exact) mass is 1250 g/mol. The molecule has 0 saturated carbocycles. The lowest BCUT2D eigenvalue weighted by Gasteiger charge is -2.15. The number of aryl methyl sites for hydroxylation is 2. The number of nitrogens with one attached hydrogen (secondary N) is 6. The maximum atomic E-state index is 12.5. The number of unbranched alkanes of at least 4 members (excludes halogenated alkanes) is 21. The van der Waals surface area contributed by atoms with Crippen LogP contribution in [0.25, 0.3) is 0 Å². The summed E-state index contributed by atoms with van der Waals surface area (Å²) in [4.78, 5) is 106. The average molecular weight is 1250 g/mol. The third-order valence-corrected chi connectivity index (χ3v) is 16.0. The number of ketones is 1. The molecule has 0 unspecified atom stereocenters. The molecule has 0 aliphatic carbocycles. The predicted octanol–water partition coefficient (Wildman–Crippen LogP) is 7.48. The van der Waals surface area contributed by atoms with Gasteiger partial charge in [-0.1, -0.05) is 122 Å². The Balaban J connectivity index is 1.33. The summed E-state index contributed by atoms with van der Waals surface area (Å²) in [7, 11) is -3.79. The van der Waals surface area contributed by atoms with Gasteiger partial charge in [0.05, 0.1) is 43.4 Å². The minimum absolute atomic E-state index is 0.0390. The number of aromatic nitrogens is 6. The molecule has 25 nitrogen and oxygen atoms in total. The highest BCUT2D eigenvalue weighted by atomic mass is 32.2. The number of carbonyl (C=O) groups excluding carboxylic acids is 6. The maximum absolute atomic E-state index is 12.5. The van der Waals surface area contributed by atoms with Crippen LogP contribution in [0.2, 0.25) is 0 Å². The fourth-order valence-electron chi connectivity index (χ4n) is 9.52. The van der Waals surface area contributed by atoms with Gasteiger partial charge in [-0.15, -0.1) is 10.2 Å². The van der Waals surface area contributed by atoms with Crippen molar-refractivity contribution >= 4 is 57.3 Å². The Morgan fingerprint density at radius 3 is 1.67 bits per heavy atom. The number of imidazole rings is 1. The van der Waals surface area contributed by atoms with Crippen LogP contribution in [0.15, 0.2) is 12.5 Å². The summed E-state index contributed by atoms with van der Waals surface area (Å²) in [6.45, 7) is 7.49. The van der Waals surface area contributed by atoms with Crippen LogP contribution in [0.1, 0.15) is 244 Å². The molecule has 8 N–H and O–H groups in total. The average Bonchev–Trinajstić information content (AvgIpc) is 3.66. The van der Waals surface area contributed by atoms with Crippen LogP contribution in [0.4, 0.5) is 0 Å². The van der Waals surface area contributed by atoms with Crippen LogP contribution in [-0.2, 0) is 76.2 Å². The number of hydrogen-bond acceptors (Lipinski definition) is 16. The van der Waals surface area contributed by atoms with E-state index in [-0.39, 0.29) is 125 Å². The number of tetrazole rings is 1. The number of sulfonamides is 1.